The van der Waals surface area contributed by atoms with E-state index in [1.165, 1.54) is 22.2 Å². The summed E-state index contributed by atoms with van der Waals surface area (Å²) in [7, 11) is 3.21. The zero-order valence-electron chi connectivity index (χ0n) is 15.2. The van der Waals surface area contributed by atoms with Crippen molar-refractivity contribution in [2.24, 2.45) is 0 Å². The van der Waals surface area contributed by atoms with Crippen molar-refractivity contribution in [3.63, 3.8) is 0 Å². The number of aromatic hydroxyl groups is 1. The van der Waals surface area contributed by atoms with E-state index >= 15 is 0 Å². The van der Waals surface area contributed by atoms with E-state index in [9.17, 15) is 10.2 Å². The van der Waals surface area contributed by atoms with Crippen LogP contribution in [0.25, 0.3) is 4.96 Å². The first kappa shape index (κ1) is 18.0. The molecule has 1 aliphatic heterocycles. The van der Waals surface area contributed by atoms with E-state index in [0.29, 0.717) is 29.3 Å². The monoisotopic (exact) mass is 390 g/mol. The molecule has 3 heterocycles. The minimum atomic E-state index is -0.275. The number of fused-ring (bicyclic) bond motifs is 1. The highest BCUT2D eigenvalue weighted by molar-refractivity contribution is 7.17. The Morgan fingerprint density at radius 2 is 1.93 bits per heavy atom. The lowest BCUT2D eigenvalue weighted by Crippen LogP contribution is -2.38. The van der Waals surface area contributed by atoms with Gasteiger partial charge in [-0.3, -0.25) is 4.90 Å². The average molecular weight is 390 g/mol. The number of hydrogen-bond acceptors (Lipinski definition) is 8. The third-order valence-electron chi connectivity index (χ3n) is 4.97. The summed E-state index contributed by atoms with van der Waals surface area (Å²) < 4.78 is 12.3. The molecule has 0 aliphatic carbocycles. The predicted octanol–water partition coefficient (Wildman–Crippen LogP) is 2.06. The van der Waals surface area contributed by atoms with Crippen LogP contribution in [0.2, 0.25) is 0 Å². The number of methoxy groups -OCH3 is 2. The van der Waals surface area contributed by atoms with Crippen molar-refractivity contribution in [3.8, 4) is 17.4 Å². The maximum atomic E-state index is 10.8. The maximum Gasteiger partial charge on any atom is 0.230 e. The number of benzene rings is 1. The molecule has 0 saturated carbocycles. The quantitative estimate of drug-likeness (QED) is 0.689. The van der Waals surface area contributed by atoms with Crippen LogP contribution < -0.4 is 9.47 Å². The first-order valence-electron chi connectivity index (χ1n) is 8.77. The van der Waals surface area contributed by atoms with Crippen molar-refractivity contribution in [1.82, 2.24) is 19.5 Å². The number of piperidine rings is 1. The highest BCUT2D eigenvalue weighted by atomic mass is 32.1. The van der Waals surface area contributed by atoms with Crippen LogP contribution >= 0.6 is 11.3 Å². The Hall–Kier alpha value is -2.36. The molecule has 9 heteroatoms. The molecular formula is C18H22N4O4S. The minimum absolute atomic E-state index is 0.0957. The Morgan fingerprint density at radius 3 is 2.59 bits per heavy atom. The zero-order chi connectivity index (χ0) is 19.0. The lowest BCUT2D eigenvalue weighted by atomic mass is 9.99. The fraction of sp³-hybridized carbons (Fsp3) is 0.444. The van der Waals surface area contributed by atoms with Gasteiger partial charge in [0.25, 0.3) is 0 Å². The standard InChI is InChI=1S/C18H22N4O4S/c1-25-13-4-3-11(9-14(13)26-2)15(21-7-5-12(23)6-8-21)16-17(24)22-18(27-16)19-10-20-22/h3-4,9-10,12,15,23-24H,5-8H2,1-2H3/t15-/m1/s1. The van der Waals surface area contributed by atoms with Gasteiger partial charge in [0.2, 0.25) is 10.8 Å². The van der Waals surface area contributed by atoms with Crippen LogP contribution in [0.1, 0.15) is 29.3 Å². The molecule has 0 amide bonds. The van der Waals surface area contributed by atoms with E-state index in [0.717, 1.165) is 23.5 Å². The second-order valence-electron chi connectivity index (χ2n) is 6.53. The third kappa shape index (κ3) is 3.22. The van der Waals surface area contributed by atoms with Gasteiger partial charge in [0.05, 0.1) is 31.2 Å². The van der Waals surface area contributed by atoms with E-state index in [1.54, 1.807) is 14.2 Å². The minimum Gasteiger partial charge on any atom is -0.493 e. The van der Waals surface area contributed by atoms with Gasteiger partial charge < -0.3 is 19.7 Å². The molecule has 2 N–H and O–H groups in total. The Labute approximate surface area is 160 Å². The number of thiazole rings is 1. The van der Waals surface area contributed by atoms with Gasteiger partial charge in [-0.25, -0.2) is 4.98 Å². The zero-order valence-corrected chi connectivity index (χ0v) is 16.0. The molecule has 1 aliphatic rings. The van der Waals surface area contributed by atoms with Crippen molar-refractivity contribution >= 4 is 16.3 Å². The third-order valence-corrected chi connectivity index (χ3v) is 6.06. The fourth-order valence-electron chi connectivity index (χ4n) is 3.57. The fourth-order valence-corrected chi connectivity index (χ4v) is 4.66. The Kier molecular flexibility index (Phi) is 4.90. The van der Waals surface area contributed by atoms with Gasteiger partial charge in [-0.1, -0.05) is 17.4 Å². The number of hydrogen-bond donors (Lipinski definition) is 2. The number of likely N-dealkylation sites (tertiary alicyclic amines) is 1. The van der Waals surface area contributed by atoms with Crippen molar-refractivity contribution in [2.45, 2.75) is 25.0 Å². The number of aromatic nitrogens is 3. The van der Waals surface area contributed by atoms with Crippen LogP contribution in [0.3, 0.4) is 0 Å². The van der Waals surface area contributed by atoms with Crippen LogP contribution in [-0.2, 0) is 0 Å². The lowest BCUT2D eigenvalue weighted by molar-refractivity contribution is 0.0689. The summed E-state index contributed by atoms with van der Waals surface area (Å²) in [5.74, 6) is 1.38. The molecule has 1 saturated heterocycles. The number of ether oxygens (including phenoxy) is 2. The molecule has 0 radical (unpaired) electrons. The van der Waals surface area contributed by atoms with Gasteiger partial charge in [-0.2, -0.15) is 9.61 Å². The van der Waals surface area contributed by atoms with Gasteiger partial charge in [0.15, 0.2) is 11.5 Å². The smallest absolute Gasteiger partial charge is 0.230 e. The summed E-state index contributed by atoms with van der Waals surface area (Å²) in [6, 6.07) is 5.59. The highest BCUT2D eigenvalue weighted by Crippen LogP contribution is 2.42. The number of aliphatic hydroxyl groups is 1. The normalized spacial score (nSPS) is 17.3. The second-order valence-corrected chi connectivity index (χ2v) is 7.54. The molecule has 1 atom stereocenters. The van der Waals surface area contributed by atoms with Crippen molar-refractivity contribution in [2.75, 3.05) is 27.3 Å². The molecule has 144 valence electrons. The van der Waals surface area contributed by atoms with E-state index < -0.39 is 0 Å². The van der Waals surface area contributed by atoms with Gasteiger partial charge in [-0.15, -0.1) is 0 Å². The van der Waals surface area contributed by atoms with Crippen LogP contribution in [0, 0.1) is 0 Å². The molecule has 3 aromatic rings. The first-order valence-corrected chi connectivity index (χ1v) is 9.59. The molecule has 8 nitrogen and oxygen atoms in total. The molecule has 1 fully saturated rings. The van der Waals surface area contributed by atoms with E-state index in [-0.39, 0.29) is 18.0 Å². The average Bonchev–Trinajstić information content (AvgIpc) is 3.27. The van der Waals surface area contributed by atoms with Crippen LogP contribution in [0.4, 0.5) is 0 Å². The van der Waals surface area contributed by atoms with Crippen LogP contribution in [0.15, 0.2) is 24.5 Å². The SMILES string of the molecule is COc1ccc([C@H](c2sc3ncnn3c2O)N2CCC(O)CC2)cc1OC. The van der Waals surface area contributed by atoms with Gasteiger partial charge in [0.1, 0.15) is 6.33 Å². The first-order chi connectivity index (χ1) is 13.1. The largest absolute Gasteiger partial charge is 0.493 e. The number of rotatable bonds is 5. The molecule has 0 unspecified atom stereocenters. The molecule has 1 aromatic carbocycles. The Morgan fingerprint density at radius 1 is 1.19 bits per heavy atom. The maximum absolute atomic E-state index is 10.8. The van der Waals surface area contributed by atoms with E-state index in [4.69, 9.17) is 9.47 Å². The number of aliphatic hydroxyl groups excluding tert-OH is 1. The van der Waals surface area contributed by atoms with Crippen molar-refractivity contribution in [1.29, 1.82) is 0 Å². The van der Waals surface area contributed by atoms with Crippen molar-refractivity contribution in [3.05, 3.63) is 35.0 Å². The molecule has 4 rings (SSSR count). The van der Waals surface area contributed by atoms with Crippen LogP contribution in [0.5, 0.6) is 17.4 Å². The number of nitrogens with zero attached hydrogens (tertiary/aromatic N) is 4. The molecule has 0 bridgehead atoms. The van der Waals surface area contributed by atoms with Gasteiger partial charge in [-0.05, 0) is 30.5 Å². The van der Waals surface area contributed by atoms with Crippen molar-refractivity contribution < 1.29 is 19.7 Å². The molecule has 2 aromatic heterocycles. The lowest BCUT2D eigenvalue weighted by Gasteiger charge is -2.36. The summed E-state index contributed by atoms with van der Waals surface area (Å²) in [6.07, 6.45) is 2.55. The summed E-state index contributed by atoms with van der Waals surface area (Å²) in [4.78, 5) is 7.88. The van der Waals surface area contributed by atoms with Crippen LogP contribution in [-0.4, -0.2) is 63.1 Å². The summed E-state index contributed by atoms with van der Waals surface area (Å²) >= 11 is 1.41. The Balaban J connectivity index is 1.81. The highest BCUT2D eigenvalue weighted by Gasteiger charge is 2.32. The summed E-state index contributed by atoms with van der Waals surface area (Å²) in [5.41, 5.74) is 0.976. The Bertz CT molecular complexity index is 933. The summed E-state index contributed by atoms with van der Waals surface area (Å²) in [6.45, 7) is 1.46. The summed E-state index contributed by atoms with van der Waals surface area (Å²) in [5, 5.41) is 24.8. The molecule has 0 spiro atoms. The predicted molar refractivity (Wildman–Crippen MR) is 101 cm³/mol. The topological polar surface area (TPSA) is 92.4 Å². The second kappa shape index (κ2) is 7.34. The van der Waals surface area contributed by atoms with E-state index in [1.807, 2.05) is 18.2 Å². The molecular weight excluding hydrogens is 368 g/mol. The van der Waals surface area contributed by atoms with Gasteiger partial charge >= 0.3 is 0 Å². The molecule has 27 heavy (non-hydrogen) atoms. The van der Waals surface area contributed by atoms with E-state index in [2.05, 4.69) is 15.0 Å². The van der Waals surface area contributed by atoms with Gasteiger partial charge in [0, 0.05) is 13.1 Å².